The minimum Gasteiger partial charge on any atom is -0.304 e. The van der Waals surface area contributed by atoms with Gasteiger partial charge in [0.25, 0.3) is 0 Å². The van der Waals surface area contributed by atoms with Crippen molar-refractivity contribution in [1.82, 2.24) is 9.38 Å². The Hall–Kier alpha value is -0.830. The topological polar surface area (TPSA) is 17.3 Å². The minimum absolute atomic E-state index is 1.01. The molecule has 0 saturated heterocycles. The van der Waals surface area contributed by atoms with E-state index in [2.05, 4.69) is 38.4 Å². The molecule has 0 unspecified atom stereocenters. The Labute approximate surface area is 85.7 Å². The summed E-state index contributed by atoms with van der Waals surface area (Å²) in [6, 6.07) is 4.06. The quantitative estimate of drug-likeness (QED) is 0.787. The number of hydrogen-bond donors (Lipinski definition) is 0. The van der Waals surface area contributed by atoms with Gasteiger partial charge in [0.15, 0.2) is 0 Å². The van der Waals surface area contributed by atoms with Gasteiger partial charge in [-0.15, -0.1) is 0 Å². The Bertz CT molecular complexity index is 420. The van der Waals surface area contributed by atoms with E-state index in [9.17, 15) is 0 Å². The first-order valence-electron chi connectivity index (χ1n) is 4.42. The number of imidazole rings is 1. The zero-order chi connectivity index (χ0) is 9.26. The lowest BCUT2D eigenvalue weighted by atomic mass is 10.3. The summed E-state index contributed by atoms with van der Waals surface area (Å²) in [5.74, 6) is 0. The van der Waals surface area contributed by atoms with Crippen LogP contribution in [0.1, 0.15) is 19.0 Å². The fourth-order valence-electron chi connectivity index (χ4n) is 1.45. The molecule has 2 rings (SSSR count). The maximum Gasteiger partial charge on any atom is 0.138 e. The number of halogens is 1. The Morgan fingerprint density at radius 3 is 3.15 bits per heavy atom. The van der Waals surface area contributed by atoms with Crippen molar-refractivity contribution in [2.45, 2.75) is 19.8 Å². The third-order valence-electron chi connectivity index (χ3n) is 2.06. The van der Waals surface area contributed by atoms with Crippen LogP contribution in [0.15, 0.2) is 29.0 Å². The van der Waals surface area contributed by atoms with Crippen molar-refractivity contribution in [1.29, 1.82) is 0 Å². The monoisotopic (exact) mass is 238 g/mol. The number of fused-ring (bicyclic) bond motifs is 1. The van der Waals surface area contributed by atoms with E-state index in [0.29, 0.717) is 0 Å². The highest BCUT2D eigenvalue weighted by atomic mass is 79.9. The van der Waals surface area contributed by atoms with E-state index in [1.165, 1.54) is 5.69 Å². The Balaban J connectivity index is 2.55. The highest BCUT2D eigenvalue weighted by Gasteiger charge is 2.01. The van der Waals surface area contributed by atoms with Crippen LogP contribution in [0.5, 0.6) is 0 Å². The molecule has 0 aromatic carbocycles. The van der Waals surface area contributed by atoms with E-state index in [1.807, 2.05) is 18.3 Å². The van der Waals surface area contributed by atoms with Gasteiger partial charge < -0.3 is 4.40 Å². The summed E-state index contributed by atoms with van der Waals surface area (Å²) in [6.07, 6.45) is 6.25. The molecule has 2 aromatic rings. The molecule has 0 radical (unpaired) electrons. The number of aromatic nitrogens is 2. The summed E-state index contributed by atoms with van der Waals surface area (Å²) >= 11 is 3.43. The molecule has 2 heterocycles. The number of hydrogen-bond acceptors (Lipinski definition) is 1. The molecule has 0 aliphatic heterocycles. The summed E-state index contributed by atoms with van der Waals surface area (Å²) in [6.45, 7) is 2.18. The van der Waals surface area contributed by atoms with Gasteiger partial charge in [0, 0.05) is 22.6 Å². The van der Waals surface area contributed by atoms with Gasteiger partial charge in [-0.05, 0) is 18.6 Å². The highest BCUT2D eigenvalue weighted by Crippen LogP contribution is 2.14. The molecule has 2 aromatic heterocycles. The smallest absolute Gasteiger partial charge is 0.138 e. The van der Waals surface area contributed by atoms with Gasteiger partial charge in [0.1, 0.15) is 5.65 Å². The van der Waals surface area contributed by atoms with Crippen LogP contribution in [-0.2, 0) is 6.42 Å². The molecule has 3 heteroatoms. The average Bonchev–Trinajstić information content (AvgIpc) is 2.49. The molecular formula is C10H11BrN2. The van der Waals surface area contributed by atoms with Gasteiger partial charge in [-0.2, -0.15) is 0 Å². The Kier molecular flexibility index (Phi) is 2.36. The van der Waals surface area contributed by atoms with E-state index in [1.54, 1.807) is 0 Å². The van der Waals surface area contributed by atoms with Gasteiger partial charge in [0.05, 0.1) is 0 Å². The van der Waals surface area contributed by atoms with E-state index in [0.717, 1.165) is 23.0 Å². The molecular weight excluding hydrogens is 228 g/mol. The molecule has 0 aliphatic carbocycles. The van der Waals surface area contributed by atoms with Crippen molar-refractivity contribution in [3.05, 3.63) is 34.7 Å². The lowest BCUT2D eigenvalue weighted by molar-refractivity contribution is 0.867. The Morgan fingerprint density at radius 2 is 2.38 bits per heavy atom. The van der Waals surface area contributed by atoms with Crippen LogP contribution in [-0.4, -0.2) is 9.38 Å². The summed E-state index contributed by atoms with van der Waals surface area (Å²) in [5, 5.41) is 0. The van der Waals surface area contributed by atoms with Gasteiger partial charge >= 0.3 is 0 Å². The van der Waals surface area contributed by atoms with Gasteiger partial charge in [-0.25, -0.2) is 4.98 Å². The van der Waals surface area contributed by atoms with Gasteiger partial charge in [0.2, 0.25) is 0 Å². The maximum atomic E-state index is 4.33. The van der Waals surface area contributed by atoms with Crippen LogP contribution >= 0.6 is 15.9 Å². The van der Waals surface area contributed by atoms with Crippen molar-refractivity contribution in [2.75, 3.05) is 0 Å². The van der Waals surface area contributed by atoms with E-state index < -0.39 is 0 Å². The van der Waals surface area contributed by atoms with Crippen molar-refractivity contribution in [3.8, 4) is 0 Å². The summed E-state index contributed by atoms with van der Waals surface area (Å²) in [5.41, 5.74) is 2.29. The van der Waals surface area contributed by atoms with E-state index >= 15 is 0 Å². The normalized spacial score (nSPS) is 10.9. The zero-order valence-corrected chi connectivity index (χ0v) is 9.08. The third-order valence-corrected chi connectivity index (χ3v) is 2.55. The first-order valence-corrected chi connectivity index (χ1v) is 5.22. The standard InChI is InChI=1S/C10H11BrN2/c1-2-3-9-7-12-10-6-8(11)4-5-13(9)10/h4-7H,2-3H2,1H3. The summed E-state index contributed by atoms with van der Waals surface area (Å²) < 4.78 is 3.21. The molecule has 0 saturated carbocycles. The van der Waals surface area contributed by atoms with Crippen molar-refractivity contribution >= 4 is 21.6 Å². The lowest BCUT2D eigenvalue weighted by Crippen LogP contribution is -1.90. The molecule has 68 valence electrons. The largest absolute Gasteiger partial charge is 0.304 e. The molecule has 13 heavy (non-hydrogen) atoms. The molecule has 0 fully saturated rings. The van der Waals surface area contributed by atoms with Crippen molar-refractivity contribution in [3.63, 3.8) is 0 Å². The van der Waals surface area contributed by atoms with Crippen LogP contribution in [0, 0.1) is 0 Å². The zero-order valence-electron chi connectivity index (χ0n) is 7.50. The first-order chi connectivity index (χ1) is 6.31. The second kappa shape index (κ2) is 3.50. The molecule has 2 nitrogen and oxygen atoms in total. The summed E-state index contributed by atoms with van der Waals surface area (Å²) in [7, 11) is 0. The van der Waals surface area contributed by atoms with E-state index in [4.69, 9.17) is 0 Å². The molecule has 0 atom stereocenters. The lowest BCUT2D eigenvalue weighted by Gasteiger charge is -1.99. The van der Waals surface area contributed by atoms with Gasteiger partial charge in [-0.3, -0.25) is 0 Å². The number of aryl methyl sites for hydroxylation is 1. The second-order valence-corrected chi connectivity index (χ2v) is 3.99. The first kappa shape index (κ1) is 8.75. The van der Waals surface area contributed by atoms with Crippen molar-refractivity contribution in [2.24, 2.45) is 0 Å². The maximum absolute atomic E-state index is 4.33. The number of rotatable bonds is 2. The minimum atomic E-state index is 1.01. The Morgan fingerprint density at radius 1 is 1.54 bits per heavy atom. The molecule has 0 amide bonds. The molecule has 0 N–H and O–H groups in total. The third kappa shape index (κ3) is 1.61. The number of pyridine rings is 1. The van der Waals surface area contributed by atoms with E-state index in [-0.39, 0.29) is 0 Å². The fraction of sp³-hybridized carbons (Fsp3) is 0.300. The van der Waals surface area contributed by atoms with Crippen molar-refractivity contribution < 1.29 is 0 Å². The van der Waals surface area contributed by atoms with Crippen LogP contribution in [0.25, 0.3) is 5.65 Å². The SMILES string of the molecule is CCCc1cnc2cc(Br)ccn12. The van der Waals surface area contributed by atoms with Crippen LogP contribution in [0.3, 0.4) is 0 Å². The molecule has 0 spiro atoms. The van der Waals surface area contributed by atoms with Crippen LogP contribution < -0.4 is 0 Å². The average molecular weight is 239 g/mol. The van der Waals surface area contributed by atoms with Crippen LogP contribution in [0.2, 0.25) is 0 Å². The summed E-state index contributed by atoms with van der Waals surface area (Å²) in [4.78, 5) is 4.33. The molecule has 0 bridgehead atoms. The predicted octanol–water partition coefficient (Wildman–Crippen LogP) is 3.05. The fourth-order valence-corrected chi connectivity index (χ4v) is 1.77. The molecule has 0 aliphatic rings. The van der Waals surface area contributed by atoms with Gasteiger partial charge in [-0.1, -0.05) is 29.3 Å². The number of nitrogens with zero attached hydrogens (tertiary/aromatic N) is 2. The second-order valence-electron chi connectivity index (χ2n) is 3.07. The predicted molar refractivity (Wildman–Crippen MR) is 56.9 cm³/mol. The van der Waals surface area contributed by atoms with Crippen LogP contribution in [0.4, 0.5) is 0 Å². The highest BCUT2D eigenvalue weighted by molar-refractivity contribution is 9.10.